The van der Waals surface area contributed by atoms with Gasteiger partial charge in [-0.3, -0.25) is 4.79 Å². The Morgan fingerprint density at radius 3 is 2.59 bits per heavy atom. The van der Waals surface area contributed by atoms with Gasteiger partial charge in [-0.15, -0.1) is 10.2 Å². The van der Waals surface area contributed by atoms with Crippen molar-refractivity contribution in [3.8, 4) is 5.82 Å². The molecule has 1 unspecified atom stereocenters. The monoisotopic (exact) mass is 433 g/mol. The Morgan fingerprint density at radius 1 is 1.16 bits per heavy atom. The number of hydrogen-bond acceptors (Lipinski definition) is 6. The summed E-state index contributed by atoms with van der Waals surface area (Å²) in [6.45, 7) is 9.79. The van der Waals surface area contributed by atoms with E-state index in [1.807, 2.05) is 37.4 Å². The zero-order chi connectivity index (χ0) is 22.5. The first kappa shape index (κ1) is 21.8. The largest absolute Gasteiger partial charge is 0.372 e. The lowest BCUT2D eigenvalue weighted by Gasteiger charge is -2.32. The van der Waals surface area contributed by atoms with Gasteiger partial charge in [0.15, 0.2) is 11.6 Å². The lowest BCUT2D eigenvalue weighted by atomic mass is 9.97. The van der Waals surface area contributed by atoms with Crippen molar-refractivity contribution in [2.45, 2.75) is 33.6 Å². The maximum absolute atomic E-state index is 13.0. The average molecular weight is 434 g/mol. The smallest absolute Gasteiger partial charge is 0.229 e. The highest BCUT2D eigenvalue weighted by Crippen LogP contribution is 2.26. The number of amides is 1. The number of nitrogens with one attached hydrogen (secondary N) is 1. The van der Waals surface area contributed by atoms with Gasteiger partial charge in [0.05, 0.1) is 5.92 Å². The van der Waals surface area contributed by atoms with Crippen LogP contribution in [0.2, 0.25) is 0 Å². The van der Waals surface area contributed by atoms with Crippen LogP contribution < -0.4 is 15.1 Å². The van der Waals surface area contributed by atoms with E-state index in [2.05, 4.69) is 56.4 Å². The molecular weight excluding hydrogens is 402 g/mol. The summed E-state index contributed by atoms with van der Waals surface area (Å²) in [5.74, 6) is 1.44. The van der Waals surface area contributed by atoms with E-state index in [4.69, 9.17) is 0 Å². The molecule has 1 amide bonds. The summed E-state index contributed by atoms with van der Waals surface area (Å²) >= 11 is 0. The number of anilines is 3. The Labute approximate surface area is 189 Å². The van der Waals surface area contributed by atoms with Gasteiger partial charge >= 0.3 is 0 Å². The molecule has 1 aliphatic rings. The second-order valence-electron chi connectivity index (χ2n) is 8.15. The lowest BCUT2D eigenvalue weighted by molar-refractivity contribution is -0.120. The molecule has 1 saturated heterocycles. The topological polar surface area (TPSA) is 79.2 Å². The minimum Gasteiger partial charge on any atom is -0.372 e. The van der Waals surface area contributed by atoms with Crippen LogP contribution in [0.25, 0.3) is 5.82 Å². The fourth-order valence-electron chi connectivity index (χ4n) is 4.22. The molecule has 0 radical (unpaired) electrons. The second kappa shape index (κ2) is 9.80. The van der Waals surface area contributed by atoms with E-state index in [1.54, 1.807) is 10.9 Å². The van der Waals surface area contributed by atoms with Crippen LogP contribution in [-0.4, -0.2) is 52.1 Å². The Hall–Kier alpha value is -3.42. The van der Waals surface area contributed by atoms with Crippen molar-refractivity contribution in [3.05, 3.63) is 54.4 Å². The van der Waals surface area contributed by atoms with E-state index < -0.39 is 0 Å². The minimum absolute atomic E-state index is 0.0644. The van der Waals surface area contributed by atoms with Crippen molar-refractivity contribution in [3.63, 3.8) is 0 Å². The van der Waals surface area contributed by atoms with Crippen molar-refractivity contribution in [1.29, 1.82) is 0 Å². The number of hydrogen-bond donors (Lipinski definition) is 1. The third-order valence-electron chi connectivity index (χ3n) is 6.09. The van der Waals surface area contributed by atoms with Crippen LogP contribution in [0.3, 0.4) is 0 Å². The molecule has 0 saturated carbocycles. The van der Waals surface area contributed by atoms with Crippen molar-refractivity contribution >= 4 is 23.1 Å². The summed E-state index contributed by atoms with van der Waals surface area (Å²) in [5.41, 5.74) is 3.15. The number of piperidine rings is 1. The van der Waals surface area contributed by atoms with Crippen molar-refractivity contribution < 1.29 is 4.79 Å². The molecule has 1 aliphatic heterocycles. The predicted octanol–water partition coefficient (Wildman–Crippen LogP) is 3.67. The number of rotatable bonds is 7. The highest BCUT2D eigenvalue weighted by molar-refractivity contribution is 5.94. The van der Waals surface area contributed by atoms with Crippen molar-refractivity contribution in [1.82, 2.24) is 20.0 Å². The van der Waals surface area contributed by atoms with Crippen LogP contribution in [0.5, 0.6) is 0 Å². The molecule has 8 nitrogen and oxygen atoms in total. The molecule has 1 atom stereocenters. The number of carbonyl (C=O) groups is 1. The second-order valence-corrected chi connectivity index (χ2v) is 8.15. The summed E-state index contributed by atoms with van der Waals surface area (Å²) in [6.07, 6.45) is 5.36. The zero-order valence-corrected chi connectivity index (χ0v) is 19.0. The van der Waals surface area contributed by atoms with E-state index in [9.17, 15) is 4.79 Å². The first-order valence-corrected chi connectivity index (χ1v) is 11.3. The summed E-state index contributed by atoms with van der Waals surface area (Å²) < 4.78 is 1.68. The van der Waals surface area contributed by atoms with Crippen LogP contribution in [0, 0.1) is 12.8 Å². The zero-order valence-electron chi connectivity index (χ0n) is 19.0. The summed E-state index contributed by atoms with van der Waals surface area (Å²) in [4.78, 5) is 17.5. The van der Waals surface area contributed by atoms with Crippen LogP contribution in [0.15, 0.2) is 48.8 Å². The number of nitrogens with zero attached hydrogens (tertiary/aromatic N) is 6. The van der Waals surface area contributed by atoms with Gasteiger partial charge in [0, 0.05) is 49.9 Å². The van der Waals surface area contributed by atoms with Crippen molar-refractivity contribution in [2.24, 2.45) is 5.92 Å². The summed E-state index contributed by atoms with van der Waals surface area (Å²) in [6, 6.07) is 11.9. The maximum Gasteiger partial charge on any atom is 0.229 e. The summed E-state index contributed by atoms with van der Waals surface area (Å²) in [5, 5.41) is 16.0. The number of aryl methyl sites for hydroxylation is 1. The highest BCUT2D eigenvalue weighted by Gasteiger charge is 2.27. The van der Waals surface area contributed by atoms with E-state index in [0.717, 1.165) is 49.5 Å². The highest BCUT2D eigenvalue weighted by atomic mass is 16.1. The Kier molecular flexibility index (Phi) is 6.68. The van der Waals surface area contributed by atoms with Crippen LogP contribution in [-0.2, 0) is 4.79 Å². The molecule has 3 heterocycles. The third kappa shape index (κ3) is 4.74. The predicted molar refractivity (Wildman–Crippen MR) is 127 cm³/mol. The first-order chi connectivity index (χ1) is 15.6. The molecule has 168 valence electrons. The van der Waals surface area contributed by atoms with Crippen LogP contribution in [0.1, 0.15) is 32.3 Å². The van der Waals surface area contributed by atoms with E-state index in [0.29, 0.717) is 12.4 Å². The molecule has 1 fully saturated rings. The standard InChI is InChI=1S/C24H31N7O/c1-4-29(5-2)20-9-10-21(18(3)16-20)26-24(32)19-8-6-14-30(17-19)22-11-12-23(28-27-22)31-15-7-13-25-31/h7,9-13,15-16,19H,4-6,8,14,17H2,1-3H3,(H,26,32). The molecular formula is C24H31N7O. The van der Waals surface area contributed by atoms with Crippen molar-refractivity contribution in [2.75, 3.05) is 41.3 Å². The third-order valence-corrected chi connectivity index (χ3v) is 6.09. The fourth-order valence-corrected chi connectivity index (χ4v) is 4.22. The molecule has 2 aromatic heterocycles. The fraction of sp³-hybridized carbons (Fsp3) is 0.417. The van der Waals surface area contributed by atoms with E-state index in [1.165, 1.54) is 5.69 Å². The molecule has 0 bridgehead atoms. The van der Waals surface area contributed by atoms with E-state index >= 15 is 0 Å². The molecule has 0 spiro atoms. The summed E-state index contributed by atoms with van der Waals surface area (Å²) in [7, 11) is 0. The first-order valence-electron chi connectivity index (χ1n) is 11.3. The lowest BCUT2D eigenvalue weighted by Crippen LogP contribution is -2.41. The number of benzene rings is 1. The molecule has 32 heavy (non-hydrogen) atoms. The van der Waals surface area contributed by atoms with Gasteiger partial charge in [-0.05, 0) is 75.6 Å². The minimum atomic E-state index is -0.0850. The normalized spacial score (nSPS) is 16.1. The Balaban J connectivity index is 1.40. The van der Waals surface area contributed by atoms with Gasteiger partial charge in [-0.1, -0.05) is 0 Å². The number of carbonyl (C=O) groups excluding carboxylic acids is 1. The number of aromatic nitrogens is 4. The molecule has 1 aromatic carbocycles. The van der Waals surface area contributed by atoms with Gasteiger partial charge in [-0.2, -0.15) is 5.10 Å². The molecule has 0 aliphatic carbocycles. The van der Waals surface area contributed by atoms with Gasteiger partial charge in [0.2, 0.25) is 5.91 Å². The van der Waals surface area contributed by atoms with Gasteiger partial charge in [0.25, 0.3) is 0 Å². The van der Waals surface area contributed by atoms with Crippen LogP contribution >= 0.6 is 0 Å². The molecule has 4 rings (SSSR count). The van der Waals surface area contributed by atoms with Gasteiger partial charge in [-0.25, -0.2) is 4.68 Å². The molecule has 3 aromatic rings. The van der Waals surface area contributed by atoms with Gasteiger partial charge < -0.3 is 15.1 Å². The quantitative estimate of drug-likeness (QED) is 0.612. The maximum atomic E-state index is 13.0. The van der Waals surface area contributed by atoms with Gasteiger partial charge in [0.1, 0.15) is 0 Å². The Morgan fingerprint density at radius 2 is 1.94 bits per heavy atom. The molecule has 8 heteroatoms. The molecule has 1 N–H and O–H groups in total. The average Bonchev–Trinajstić information content (AvgIpc) is 3.37. The Bertz CT molecular complexity index is 1030. The van der Waals surface area contributed by atoms with E-state index in [-0.39, 0.29) is 11.8 Å². The SMILES string of the molecule is CCN(CC)c1ccc(NC(=O)C2CCCN(c3ccc(-n4cccn4)nn3)C2)c(C)c1. The van der Waals surface area contributed by atoms with Crippen LogP contribution in [0.4, 0.5) is 17.2 Å².